The van der Waals surface area contributed by atoms with Gasteiger partial charge in [0.05, 0.1) is 4.92 Å². The van der Waals surface area contributed by atoms with Gasteiger partial charge >= 0.3 is 0 Å². The number of carbonyl (C=O) groups is 2. The highest BCUT2D eigenvalue weighted by Gasteiger charge is 2.15. The second kappa shape index (κ2) is 11.6. The third-order valence-corrected chi connectivity index (χ3v) is 4.81. The van der Waals surface area contributed by atoms with E-state index >= 15 is 0 Å². The lowest BCUT2D eigenvalue weighted by atomic mass is 10.1. The number of aryl methyl sites for hydroxylation is 1. The van der Waals surface area contributed by atoms with Crippen LogP contribution in [0, 0.1) is 17.0 Å². The molecule has 164 valence electrons. The van der Waals surface area contributed by atoms with Crippen molar-refractivity contribution < 1.29 is 14.5 Å². The first-order valence-corrected chi connectivity index (χ1v) is 10.2. The SMILES string of the molecule is CCN(CC)CCNC(=O)/C(=C\c1cccc([N+](=O)[O-])c1)NC(=O)c1ccc(C)cc1. The van der Waals surface area contributed by atoms with Crippen molar-refractivity contribution in [3.63, 3.8) is 0 Å². The summed E-state index contributed by atoms with van der Waals surface area (Å²) in [4.78, 5) is 38.2. The average Bonchev–Trinajstić information content (AvgIpc) is 2.76. The van der Waals surface area contributed by atoms with E-state index in [2.05, 4.69) is 15.5 Å². The molecule has 2 amide bonds. The Kier molecular flexibility index (Phi) is 8.90. The molecule has 0 bridgehead atoms. The summed E-state index contributed by atoms with van der Waals surface area (Å²) in [6.45, 7) is 8.82. The maximum atomic E-state index is 12.8. The van der Waals surface area contributed by atoms with Crippen LogP contribution in [0.25, 0.3) is 6.08 Å². The van der Waals surface area contributed by atoms with Crippen LogP contribution in [0.1, 0.15) is 35.3 Å². The van der Waals surface area contributed by atoms with Crippen LogP contribution in [-0.2, 0) is 4.79 Å². The van der Waals surface area contributed by atoms with Crippen molar-refractivity contribution in [2.24, 2.45) is 0 Å². The van der Waals surface area contributed by atoms with Gasteiger partial charge in [-0.2, -0.15) is 0 Å². The molecule has 0 unspecified atom stereocenters. The summed E-state index contributed by atoms with van der Waals surface area (Å²) in [5, 5.41) is 16.5. The number of likely N-dealkylation sites (N-methyl/N-ethyl adjacent to an activating group) is 1. The molecule has 0 saturated carbocycles. The number of rotatable bonds is 10. The van der Waals surface area contributed by atoms with Gasteiger partial charge in [-0.05, 0) is 43.8 Å². The third kappa shape index (κ3) is 7.35. The van der Waals surface area contributed by atoms with Gasteiger partial charge in [-0.1, -0.05) is 43.7 Å². The fraction of sp³-hybridized carbons (Fsp3) is 0.304. The Hall–Kier alpha value is -3.52. The second-order valence-electron chi connectivity index (χ2n) is 7.01. The van der Waals surface area contributed by atoms with Crippen molar-refractivity contribution in [2.45, 2.75) is 20.8 Å². The number of nitrogens with zero attached hydrogens (tertiary/aromatic N) is 2. The summed E-state index contributed by atoms with van der Waals surface area (Å²) in [6, 6.07) is 12.8. The Labute approximate surface area is 182 Å². The first kappa shape index (κ1) is 23.8. The van der Waals surface area contributed by atoms with Gasteiger partial charge in [0.15, 0.2) is 0 Å². The zero-order valence-electron chi connectivity index (χ0n) is 18.1. The number of non-ortho nitro benzene ring substituents is 1. The molecule has 0 aromatic heterocycles. The van der Waals surface area contributed by atoms with Gasteiger partial charge in [-0.25, -0.2) is 0 Å². The molecule has 0 aliphatic rings. The molecule has 0 saturated heterocycles. The van der Waals surface area contributed by atoms with Crippen molar-refractivity contribution >= 4 is 23.6 Å². The lowest BCUT2D eigenvalue weighted by Gasteiger charge is -2.18. The highest BCUT2D eigenvalue weighted by molar-refractivity contribution is 6.05. The van der Waals surface area contributed by atoms with E-state index in [1.807, 2.05) is 32.9 Å². The van der Waals surface area contributed by atoms with Gasteiger partial charge in [-0.15, -0.1) is 0 Å². The molecule has 2 rings (SSSR count). The van der Waals surface area contributed by atoms with Crippen LogP contribution in [0.5, 0.6) is 0 Å². The van der Waals surface area contributed by atoms with Crippen LogP contribution in [0.2, 0.25) is 0 Å². The van der Waals surface area contributed by atoms with Crippen molar-refractivity contribution in [1.82, 2.24) is 15.5 Å². The summed E-state index contributed by atoms with van der Waals surface area (Å²) in [5.74, 6) is -0.894. The van der Waals surface area contributed by atoms with Gasteiger partial charge in [0.25, 0.3) is 17.5 Å². The molecule has 8 heteroatoms. The molecule has 0 heterocycles. The minimum Gasteiger partial charge on any atom is -0.349 e. The number of benzene rings is 2. The molecule has 31 heavy (non-hydrogen) atoms. The maximum absolute atomic E-state index is 12.8. The summed E-state index contributed by atoms with van der Waals surface area (Å²) in [5.41, 5.74) is 1.78. The number of amides is 2. The van der Waals surface area contributed by atoms with Crippen molar-refractivity contribution in [2.75, 3.05) is 26.2 Å². The number of nitrogens with one attached hydrogen (secondary N) is 2. The van der Waals surface area contributed by atoms with E-state index in [-0.39, 0.29) is 11.4 Å². The van der Waals surface area contributed by atoms with E-state index in [9.17, 15) is 19.7 Å². The summed E-state index contributed by atoms with van der Waals surface area (Å²) in [7, 11) is 0. The van der Waals surface area contributed by atoms with Gasteiger partial charge in [0.1, 0.15) is 5.70 Å². The molecule has 0 spiro atoms. The lowest BCUT2D eigenvalue weighted by molar-refractivity contribution is -0.384. The molecule has 2 N–H and O–H groups in total. The Balaban J connectivity index is 2.24. The van der Waals surface area contributed by atoms with Crippen LogP contribution in [0.15, 0.2) is 54.2 Å². The molecule has 8 nitrogen and oxygen atoms in total. The molecular weight excluding hydrogens is 396 g/mol. The fourth-order valence-electron chi connectivity index (χ4n) is 2.92. The van der Waals surface area contributed by atoms with Crippen LogP contribution < -0.4 is 10.6 Å². The Morgan fingerprint density at radius 2 is 1.77 bits per heavy atom. The molecule has 2 aromatic rings. The number of nitro groups is 1. The topological polar surface area (TPSA) is 105 Å². The summed E-state index contributed by atoms with van der Waals surface area (Å²) >= 11 is 0. The van der Waals surface area contributed by atoms with E-state index in [1.54, 1.807) is 18.2 Å². The average molecular weight is 425 g/mol. The third-order valence-electron chi connectivity index (χ3n) is 4.81. The Morgan fingerprint density at radius 3 is 2.39 bits per heavy atom. The van der Waals surface area contributed by atoms with Gasteiger partial charge in [0.2, 0.25) is 0 Å². The predicted molar refractivity (Wildman–Crippen MR) is 121 cm³/mol. The normalized spacial score (nSPS) is 11.3. The number of nitro benzene ring substituents is 1. The largest absolute Gasteiger partial charge is 0.349 e. The zero-order valence-corrected chi connectivity index (χ0v) is 18.1. The minimum absolute atomic E-state index is 0.0191. The molecular formula is C23H28N4O4. The summed E-state index contributed by atoms with van der Waals surface area (Å²) < 4.78 is 0. The minimum atomic E-state index is -0.508. The van der Waals surface area contributed by atoms with Crippen molar-refractivity contribution in [3.8, 4) is 0 Å². The van der Waals surface area contributed by atoms with Crippen LogP contribution in [-0.4, -0.2) is 47.8 Å². The first-order valence-electron chi connectivity index (χ1n) is 10.2. The Bertz CT molecular complexity index is 950. The molecule has 0 atom stereocenters. The fourth-order valence-corrected chi connectivity index (χ4v) is 2.92. The van der Waals surface area contributed by atoms with Crippen LogP contribution in [0.4, 0.5) is 5.69 Å². The highest BCUT2D eigenvalue weighted by atomic mass is 16.6. The summed E-state index contributed by atoms with van der Waals surface area (Å²) in [6.07, 6.45) is 1.44. The maximum Gasteiger partial charge on any atom is 0.270 e. The number of hydrogen-bond donors (Lipinski definition) is 2. The van der Waals surface area contributed by atoms with E-state index in [0.29, 0.717) is 24.2 Å². The van der Waals surface area contributed by atoms with Crippen LogP contribution in [0.3, 0.4) is 0 Å². The highest BCUT2D eigenvalue weighted by Crippen LogP contribution is 2.15. The van der Waals surface area contributed by atoms with Gasteiger partial charge < -0.3 is 15.5 Å². The number of hydrogen-bond acceptors (Lipinski definition) is 5. The smallest absolute Gasteiger partial charge is 0.270 e. The van der Waals surface area contributed by atoms with Gasteiger partial charge in [-0.3, -0.25) is 19.7 Å². The predicted octanol–water partition coefficient (Wildman–Crippen LogP) is 3.13. The molecule has 0 fully saturated rings. The lowest BCUT2D eigenvalue weighted by Crippen LogP contribution is -2.39. The zero-order chi connectivity index (χ0) is 22.8. The van der Waals surface area contributed by atoms with Crippen molar-refractivity contribution in [3.05, 3.63) is 81.0 Å². The molecule has 2 aromatic carbocycles. The standard InChI is InChI=1S/C23H28N4O4/c1-4-26(5-2)14-13-24-23(29)21(16-18-7-6-8-20(15-18)27(30)31)25-22(28)19-11-9-17(3)10-12-19/h6-12,15-16H,4-5,13-14H2,1-3H3,(H,24,29)(H,25,28)/b21-16+. The van der Waals surface area contributed by atoms with Crippen LogP contribution >= 0.6 is 0 Å². The molecule has 0 radical (unpaired) electrons. The Morgan fingerprint density at radius 1 is 1.10 bits per heavy atom. The monoisotopic (exact) mass is 424 g/mol. The quantitative estimate of drug-likeness (QED) is 0.346. The first-order chi connectivity index (χ1) is 14.8. The van der Waals surface area contributed by atoms with Gasteiger partial charge in [0, 0.05) is 30.8 Å². The number of carbonyl (C=O) groups excluding carboxylic acids is 2. The van der Waals surface area contributed by atoms with E-state index in [0.717, 1.165) is 18.7 Å². The molecule has 0 aliphatic carbocycles. The van der Waals surface area contributed by atoms with E-state index in [1.165, 1.54) is 24.3 Å². The van der Waals surface area contributed by atoms with E-state index in [4.69, 9.17) is 0 Å². The van der Waals surface area contributed by atoms with E-state index < -0.39 is 16.7 Å². The molecule has 0 aliphatic heterocycles. The van der Waals surface area contributed by atoms with Crippen molar-refractivity contribution in [1.29, 1.82) is 0 Å². The second-order valence-corrected chi connectivity index (χ2v) is 7.01.